The molecule has 1 aliphatic rings. The number of alkyl halides is 1. The number of hydrogen-bond donors (Lipinski definition) is 1. The fourth-order valence-electron chi connectivity index (χ4n) is 1.90. The van der Waals surface area contributed by atoms with Crippen molar-refractivity contribution >= 4 is 0 Å². The third-order valence-corrected chi connectivity index (χ3v) is 2.56. The first-order valence-corrected chi connectivity index (χ1v) is 5.00. The highest BCUT2D eigenvalue weighted by Gasteiger charge is 2.27. The van der Waals surface area contributed by atoms with E-state index in [-0.39, 0.29) is 6.42 Å². The Morgan fingerprint density at radius 2 is 2.38 bits per heavy atom. The van der Waals surface area contributed by atoms with Gasteiger partial charge in [0.25, 0.3) is 0 Å². The molecule has 2 atom stereocenters. The molecule has 0 aromatic heterocycles. The number of rotatable bonds is 3. The molecule has 2 unspecified atom stereocenters. The standard InChI is InChI=1S/C11H18FN/c1-3-7-11(2,12)9-10-6-4-5-8-13-10/h1,10,13H,4-9H2,2H3. The van der Waals surface area contributed by atoms with Gasteiger partial charge in [-0.2, -0.15) is 0 Å². The highest BCUT2D eigenvalue weighted by molar-refractivity contribution is 4.95. The van der Waals surface area contributed by atoms with Crippen molar-refractivity contribution in [1.82, 2.24) is 5.32 Å². The Kier molecular flexibility index (Phi) is 3.74. The van der Waals surface area contributed by atoms with Crippen molar-refractivity contribution in [2.45, 2.75) is 50.7 Å². The first-order chi connectivity index (χ1) is 6.14. The fraction of sp³-hybridized carbons (Fsp3) is 0.818. The number of terminal acetylenes is 1. The van der Waals surface area contributed by atoms with E-state index in [0.717, 1.165) is 13.0 Å². The van der Waals surface area contributed by atoms with Gasteiger partial charge in [-0.3, -0.25) is 0 Å². The van der Waals surface area contributed by atoms with Gasteiger partial charge in [-0.05, 0) is 32.7 Å². The molecule has 1 aliphatic heterocycles. The second-order valence-corrected chi connectivity index (χ2v) is 4.15. The minimum Gasteiger partial charge on any atom is -0.314 e. The van der Waals surface area contributed by atoms with Crippen LogP contribution < -0.4 is 5.32 Å². The van der Waals surface area contributed by atoms with Crippen LogP contribution in [-0.2, 0) is 0 Å². The first kappa shape index (κ1) is 10.5. The first-order valence-electron chi connectivity index (χ1n) is 5.00. The van der Waals surface area contributed by atoms with Crippen molar-refractivity contribution in [3.05, 3.63) is 0 Å². The van der Waals surface area contributed by atoms with Gasteiger partial charge in [0.05, 0.1) is 0 Å². The van der Waals surface area contributed by atoms with Crippen molar-refractivity contribution in [2.24, 2.45) is 0 Å². The third-order valence-electron chi connectivity index (χ3n) is 2.56. The lowest BCUT2D eigenvalue weighted by Gasteiger charge is -2.28. The van der Waals surface area contributed by atoms with E-state index < -0.39 is 5.67 Å². The van der Waals surface area contributed by atoms with Gasteiger partial charge < -0.3 is 5.32 Å². The maximum absolute atomic E-state index is 13.7. The molecule has 0 aromatic carbocycles. The third kappa shape index (κ3) is 3.78. The molecule has 0 radical (unpaired) electrons. The second kappa shape index (κ2) is 4.62. The summed E-state index contributed by atoms with van der Waals surface area (Å²) in [6.07, 6.45) is 9.41. The van der Waals surface area contributed by atoms with Crippen LogP contribution in [0.4, 0.5) is 4.39 Å². The summed E-state index contributed by atoms with van der Waals surface area (Å²) in [5, 5.41) is 3.33. The van der Waals surface area contributed by atoms with Crippen molar-refractivity contribution < 1.29 is 4.39 Å². The van der Waals surface area contributed by atoms with Crippen LogP contribution in [0.1, 0.15) is 39.0 Å². The summed E-state index contributed by atoms with van der Waals surface area (Å²) in [5.74, 6) is 2.39. The summed E-state index contributed by atoms with van der Waals surface area (Å²) in [6.45, 7) is 2.62. The average Bonchev–Trinajstić information content (AvgIpc) is 2.04. The topological polar surface area (TPSA) is 12.0 Å². The van der Waals surface area contributed by atoms with E-state index in [0.29, 0.717) is 12.5 Å². The number of hydrogen-bond acceptors (Lipinski definition) is 1. The van der Waals surface area contributed by atoms with E-state index in [1.807, 2.05) is 0 Å². The van der Waals surface area contributed by atoms with Gasteiger partial charge in [-0.15, -0.1) is 12.3 Å². The Balaban J connectivity index is 2.33. The van der Waals surface area contributed by atoms with Gasteiger partial charge >= 0.3 is 0 Å². The molecule has 74 valence electrons. The zero-order valence-corrected chi connectivity index (χ0v) is 8.28. The molecule has 1 fully saturated rings. The van der Waals surface area contributed by atoms with Gasteiger partial charge in [-0.1, -0.05) is 6.42 Å². The number of piperidine rings is 1. The van der Waals surface area contributed by atoms with Crippen molar-refractivity contribution in [2.75, 3.05) is 6.54 Å². The molecule has 2 heteroatoms. The average molecular weight is 183 g/mol. The summed E-state index contributed by atoms with van der Waals surface area (Å²) in [6, 6.07) is 0.331. The van der Waals surface area contributed by atoms with Crippen LogP contribution >= 0.6 is 0 Å². The summed E-state index contributed by atoms with van der Waals surface area (Å²) in [4.78, 5) is 0. The molecule has 1 nitrogen and oxygen atoms in total. The fourth-order valence-corrected chi connectivity index (χ4v) is 1.90. The minimum atomic E-state index is -1.19. The van der Waals surface area contributed by atoms with Crippen LogP contribution in [0.5, 0.6) is 0 Å². The molecule has 0 aromatic rings. The molecule has 1 N–H and O–H groups in total. The van der Waals surface area contributed by atoms with E-state index >= 15 is 0 Å². The SMILES string of the molecule is C#CCC(C)(F)CC1CCCCN1. The maximum atomic E-state index is 13.7. The predicted molar refractivity (Wildman–Crippen MR) is 53.2 cm³/mol. The summed E-state index contributed by atoms with van der Waals surface area (Å²) in [5.41, 5.74) is -1.19. The quantitative estimate of drug-likeness (QED) is 0.662. The van der Waals surface area contributed by atoms with Crippen LogP contribution in [0.3, 0.4) is 0 Å². The Hall–Kier alpha value is -0.550. The Bertz CT molecular complexity index is 187. The van der Waals surface area contributed by atoms with Gasteiger partial charge in [-0.25, -0.2) is 4.39 Å². The Morgan fingerprint density at radius 3 is 2.92 bits per heavy atom. The summed E-state index contributed by atoms with van der Waals surface area (Å²) < 4.78 is 13.7. The molecule has 0 saturated carbocycles. The maximum Gasteiger partial charge on any atom is 0.120 e. The van der Waals surface area contributed by atoms with Crippen LogP contribution in [0.15, 0.2) is 0 Å². The van der Waals surface area contributed by atoms with E-state index in [1.54, 1.807) is 6.92 Å². The normalized spacial score (nSPS) is 27.6. The molecular weight excluding hydrogens is 165 g/mol. The highest BCUT2D eigenvalue weighted by atomic mass is 19.1. The van der Waals surface area contributed by atoms with E-state index in [1.165, 1.54) is 12.8 Å². The molecule has 0 amide bonds. The number of nitrogens with one attached hydrogen (secondary N) is 1. The van der Waals surface area contributed by atoms with Gasteiger partial charge in [0.2, 0.25) is 0 Å². The molecular formula is C11H18FN. The second-order valence-electron chi connectivity index (χ2n) is 4.15. The van der Waals surface area contributed by atoms with Gasteiger partial charge in [0.1, 0.15) is 5.67 Å². The lowest BCUT2D eigenvalue weighted by atomic mass is 9.91. The Morgan fingerprint density at radius 1 is 1.62 bits per heavy atom. The van der Waals surface area contributed by atoms with Crippen LogP contribution in [0.2, 0.25) is 0 Å². The van der Waals surface area contributed by atoms with E-state index in [2.05, 4.69) is 11.2 Å². The molecule has 13 heavy (non-hydrogen) atoms. The van der Waals surface area contributed by atoms with Crippen molar-refractivity contribution in [3.63, 3.8) is 0 Å². The van der Waals surface area contributed by atoms with Gasteiger partial charge in [0.15, 0.2) is 0 Å². The van der Waals surface area contributed by atoms with Crippen LogP contribution in [0.25, 0.3) is 0 Å². The lowest BCUT2D eigenvalue weighted by molar-refractivity contribution is 0.151. The van der Waals surface area contributed by atoms with Crippen LogP contribution in [-0.4, -0.2) is 18.3 Å². The largest absolute Gasteiger partial charge is 0.314 e. The summed E-state index contributed by atoms with van der Waals surface area (Å²) in [7, 11) is 0. The molecule has 0 bridgehead atoms. The Labute approximate surface area is 80.1 Å². The van der Waals surface area contributed by atoms with Crippen molar-refractivity contribution in [1.29, 1.82) is 0 Å². The highest BCUT2D eigenvalue weighted by Crippen LogP contribution is 2.24. The van der Waals surface area contributed by atoms with E-state index in [4.69, 9.17) is 6.42 Å². The predicted octanol–water partition coefficient (Wildman–Crippen LogP) is 2.27. The van der Waals surface area contributed by atoms with E-state index in [9.17, 15) is 4.39 Å². The van der Waals surface area contributed by atoms with Crippen LogP contribution in [0, 0.1) is 12.3 Å². The molecule has 1 rings (SSSR count). The minimum absolute atomic E-state index is 0.227. The zero-order chi connectivity index (χ0) is 9.73. The van der Waals surface area contributed by atoms with Gasteiger partial charge in [0, 0.05) is 12.5 Å². The van der Waals surface area contributed by atoms with Crippen molar-refractivity contribution in [3.8, 4) is 12.3 Å². The monoisotopic (exact) mass is 183 g/mol. The summed E-state index contributed by atoms with van der Waals surface area (Å²) >= 11 is 0. The molecule has 1 saturated heterocycles. The zero-order valence-electron chi connectivity index (χ0n) is 8.28. The smallest absolute Gasteiger partial charge is 0.120 e. The molecule has 0 spiro atoms. The molecule has 1 heterocycles. The molecule has 0 aliphatic carbocycles. The lowest BCUT2D eigenvalue weighted by Crippen LogP contribution is -2.39. The number of halogens is 1.